The summed E-state index contributed by atoms with van der Waals surface area (Å²) in [6.45, 7) is 3.59. The molecule has 0 aliphatic rings. The van der Waals surface area contributed by atoms with Gasteiger partial charge in [0.2, 0.25) is 17.7 Å². The Morgan fingerprint density at radius 2 is 1.90 bits per heavy atom. The van der Waals surface area contributed by atoms with Gasteiger partial charge in [-0.25, -0.2) is 0 Å². The van der Waals surface area contributed by atoms with E-state index in [4.69, 9.17) is 11.6 Å². The number of aromatic nitrogens is 1. The minimum Gasteiger partial charge on any atom is -0.347 e. The Morgan fingerprint density at radius 1 is 1.17 bits per heavy atom. The fourth-order valence-corrected chi connectivity index (χ4v) is 2.61. The van der Waals surface area contributed by atoms with E-state index >= 15 is 0 Å². The van der Waals surface area contributed by atoms with Crippen molar-refractivity contribution in [2.75, 3.05) is 18.4 Å². The number of halogens is 1. The van der Waals surface area contributed by atoms with Crippen LogP contribution in [0.15, 0.2) is 48.8 Å². The second-order valence-corrected chi connectivity index (χ2v) is 7.13. The van der Waals surface area contributed by atoms with Gasteiger partial charge in [-0.2, -0.15) is 0 Å². The lowest BCUT2D eigenvalue weighted by Gasteiger charge is -2.23. The number of pyridine rings is 1. The number of carbonyl (C=O) groups excluding carboxylic acids is 3. The average Bonchev–Trinajstić information content (AvgIpc) is 2.73. The van der Waals surface area contributed by atoms with E-state index in [-0.39, 0.29) is 43.3 Å². The molecule has 2 aromatic rings. The molecular formula is C21H25ClN4O3. The van der Waals surface area contributed by atoms with E-state index in [9.17, 15) is 14.4 Å². The summed E-state index contributed by atoms with van der Waals surface area (Å²) in [4.78, 5) is 42.5. The molecule has 0 saturated carbocycles. The highest BCUT2D eigenvalue weighted by Crippen LogP contribution is 2.13. The second kappa shape index (κ2) is 11.2. The Hall–Kier alpha value is -2.93. The van der Waals surface area contributed by atoms with Crippen molar-refractivity contribution in [1.29, 1.82) is 0 Å². The smallest absolute Gasteiger partial charge is 0.244 e. The molecule has 29 heavy (non-hydrogen) atoms. The molecule has 0 fully saturated rings. The second-order valence-electron chi connectivity index (χ2n) is 6.69. The first-order valence-electron chi connectivity index (χ1n) is 9.38. The maximum Gasteiger partial charge on any atom is 0.244 e. The molecule has 1 heterocycles. The first kappa shape index (κ1) is 22.4. The van der Waals surface area contributed by atoms with Crippen LogP contribution in [0.4, 0.5) is 5.69 Å². The maximum absolute atomic E-state index is 12.7. The minimum absolute atomic E-state index is 0.157. The molecule has 3 amide bonds. The van der Waals surface area contributed by atoms with Gasteiger partial charge in [0.25, 0.3) is 0 Å². The first-order valence-corrected chi connectivity index (χ1v) is 9.76. The van der Waals surface area contributed by atoms with E-state index in [1.54, 1.807) is 49.6 Å². The van der Waals surface area contributed by atoms with Crippen LogP contribution in [0, 0.1) is 5.92 Å². The van der Waals surface area contributed by atoms with Gasteiger partial charge < -0.3 is 15.5 Å². The Bertz CT molecular complexity index is 828. The van der Waals surface area contributed by atoms with Crippen LogP contribution in [-0.2, 0) is 20.9 Å². The van der Waals surface area contributed by atoms with Crippen molar-refractivity contribution in [3.8, 4) is 0 Å². The third-order valence-electron chi connectivity index (χ3n) is 4.39. The molecular weight excluding hydrogens is 392 g/mol. The molecule has 0 aliphatic heterocycles. The summed E-state index contributed by atoms with van der Waals surface area (Å²) in [6.07, 6.45) is 3.95. The Kier molecular flexibility index (Phi) is 8.61. The van der Waals surface area contributed by atoms with E-state index in [1.165, 1.54) is 4.90 Å². The van der Waals surface area contributed by atoms with Crippen LogP contribution in [0.2, 0.25) is 5.02 Å². The van der Waals surface area contributed by atoms with Crippen LogP contribution in [0.1, 0.15) is 25.8 Å². The summed E-state index contributed by atoms with van der Waals surface area (Å²) in [7, 11) is 0. The zero-order valence-corrected chi connectivity index (χ0v) is 17.3. The van der Waals surface area contributed by atoms with E-state index in [2.05, 4.69) is 15.6 Å². The van der Waals surface area contributed by atoms with Crippen molar-refractivity contribution < 1.29 is 14.4 Å². The van der Waals surface area contributed by atoms with Crippen molar-refractivity contribution >= 4 is 35.0 Å². The van der Waals surface area contributed by atoms with E-state index < -0.39 is 0 Å². The van der Waals surface area contributed by atoms with Crippen LogP contribution < -0.4 is 10.6 Å². The average molecular weight is 417 g/mol. The van der Waals surface area contributed by atoms with Crippen LogP contribution in [-0.4, -0.2) is 40.7 Å². The van der Waals surface area contributed by atoms with Gasteiger partial charge in [-0.1, -0.05) is 31.5 Å². The predicted octanol–water partition coefficient (Wildman–Crippen LogP) is 2.86. The maximum atomic E-state index is 12.7. The number of nitrogens with one attached hydrogen (secondary N) is 2. The molecule has 1 aromatic heterocycles. The molecule has 2 rings (SSSR count). The number of anilines is 1. The fraction of sp³-hybridized carbons (Fsp3) is 0.333. The summed E-state index contributed by atoms with van der Waals surface area (Å²) < 4.78 is 0. The van der Waals surface area contributed by atoms with Crippen molar-refractivity contribution in [3.05, 3.63) is 59.4 Å². The number of hydrogen-bond donors (Lipinski definition) is 2. The summed E-state index contributed by atoms with van der Waals surface area (Å²) in [5.74, 6) is -1.06. The molecule has 7 nitrogen and oxygen atoms in total. The minimum atomic E-state index is -0.350. The third kappa shape index (κ3) is 7.54. The largest absolute Gasteiger partial charge is 0.347 e. The zero-order valence-electron chi connectivity index (χ0n) is 16.5. The summed E-state index contributed by atoms with van der Waals surface area (Å²) >= 11 is 5.85. The molecule has 8 heteroatoms. The van der Waals surface area contributed by atoms with Crippen molar-refractivity contribution in [3.63, 3.8) is 0 Å². The Balaban J connectivity index is 2.03. The molecule has 0 saturated heterocycles. The lowest BCUT2D eigenvalue weighted by molar-refractivity contribution is -0.136. The quantitative estimate of drug-likeness (QED) is 0.657. The van der Waals surface area contributed by atoms with Gasteiger partial charge in [0.05, 0.1) is 6.54 Å². The molecule has 0 bridgehead atoms. The predicted molar refractivity (Wildman–Crippen MR) is 112 cm³/mol. The Morgan fingerprint density at radius 3 is 2.52 bits per heavy atom. The van der Waals surface area contributed by atoms with E-state index in [0.29, 0.717) is 17.1 Å². The van der Waals surface area contributed by atoms with Gasteiger partial charge in [0.15, 0.2) is 0 Å². The van der Waals surface area contributed by atoms with Gasteiger partial charge >= 0.3 is 0 Å². The number of nitrogens with zero attached hydrogens (tertiary/aromatic N) is 2. The lowest BCUT2D eigenvalue weighted by Crippen LogP contribution is -2.44. The van der Waals surface area contributed by atoms with Crippen LogP contribution in [0.5, 0.6) is 0 Å². The zero-order chi connectivity index (χ0) is 21.2. The highest BCUT2D eigenvalue weighted by Gasteiger charge is 2.20. The van der Waals surface area contributed by atoms with Gasteiger partial charge in [0.1, 0.15) is 6.54 Å². The van der Waals surface area contributed by atoms with Crippen molar-refractivity contribution in [2.45, 2.75) is 26.8 Å². The summed E-state index contributed by atoms with van der Waals surface area (Å²) in [6, 6.07) is 10.3. The standard InChI is InChI=1S/C21H25ClN4O3/c1-3-15(2)21(29)24-12-20(28)26(13-16-5-4-10-23-11-16)14-19(27)25-18-8-6-17(22)7-9-18/h4-11,15H,3,12-14H2,1-2H3,(H,24,29)(H,25,27). The fourth-order valence-electron chi connectivity index (χ4n) is 2.49. The molecule has 0 spiro atoms. The molecule has 154 valence electrons. The first-order chi connectivity index (χ1) is 13.9. The summed E-state index contributed by atoms with van der Waals surface area (Å²) in [5, 5.41) is 5.94. The van der Waals surface area contributed by atoms with Crippen LogP contribution >= 0.6 is 11.6 Å². The van der Waals surface area contributed by atoms with E-state index in [1.807, 2.05) is 13.0 Å². The molecule has 0 radical (unpaired) electrons. The topological polar surface area (TPSA) is 91.4 Å². The van der Waals surface area contributed by atoms with Crippen LogP contribution in [0.25, 0.3) is 0 Å². The highest BCUT2D eigenvalue weighted by molar-refractivity contribution is 6.30. The number of hydrogen-bond acceptors (Lipinski definition) is 4. The van der Waals surface area contributed by atoms with Crippen molar-refractivity contribution in [2.24, 2.45) is 5.92 Å². The third-order valence-corrected chi connectivity index (χ3v) is 4.64. The van der Waals surface area contributed by atoms with Crippen LogP contribution in [0.3, 0.4) is 0 Å². The van der Waals surface area contributed by atoms with Gasteiger partial charge in [-0.3, -0.25) is 19.4 Å². The van der Waals surface area contributed by atoms with E-state index in [0.717, 1.165) is 5.56 Å². The molecule has 1 atom stereocenters. The normalized spacial score (nSPS) is 11.4. The number of carbonyl (C=O) groups is 3. The van der Waals surface area contributed by atoms with Gasteiger partial charge in [-0.15, -0.1) is 0 Å². The van der Waals surface area contributed by atoms with Crippen molar-refractivity contribution in [1.82, 2.24) is 15.2 Å². The number of benzene rings is 1. The van der Waals surface area contributed by atoms with Gasteiger partial charge in [-0.05, 0) is 42.3 Å². The molecule has 2 N–H and O–H groups in total. The molecule has 1 aromatic carbocycles. The monoisotopic (exact) mass is 416 g/mol. The number of amides is 3. The SMILES string of the molecule is CCC(C)C(=O)NCC(=O)N(CC(=O)Nc1ccc(Cl)cc1)Cc1cccnc1. The highest BCUT2D eigenvalue weighted by atomic mass is 35.5. The molecule has 1 unspecified atom stereocenters. The lowest BCUT2D eigenvalue weighted by atomic mass is 10.1. The number of rotatable bonds is 9. The summed E-state index contributed by atoms with van der Waals surface area (Å²) in [5.41, 5.74) is 1.37. The molecule has 0 aliphatic carbocycles. The Labute approximate surface area is 175 Å². The van der Waals surface area contributed by atoms with Gasteiger partial charge in [0, 0.05) is 35.6 Å².